The fourth-order valence-electron chi connectivity index (χ4n) is 7.78. The van der Waals surface area contributed by atoms with Crippen molar-refractivity contribution in [1.29, 1.82) is 0 Å². The predicted molar refractivity (Wildman–Crippen MR) is 265 cm³/mol. The average Bonchev–Trinajstić information content (AvgIpc) is 0.800. The molecular weight excluding hydrogens is 1160 g/mol. The normalized spacial score (nSPS) is 10.8. The number of benzene rings is 3. The summed E-state index contributed by atoms with van der Waals surface area (Å²) in [6, 6.07) is 0. The molecule has 3 aromatic carbocycles. The summed E-state index contributed by atoms with van der Waals surface area (Å²) in [6.45, 7) is 6.75. The van der Waals surface area contributed by atoms with E-state index in [4.69, 9.17) is 14.2 Å². The number of esters is 7. The Morgan fingerprint density at radius 2 is 0.341 bits per heavy atom. The van der Waals surface area contributed by atoms with Gasteiger partial charge in [-0.1, -0.05) is 41.5 Å². The average molecular weight is 1200 g/mol. The van der Waals surface area contributed by atoms with E-state index in [9.17, 15) is 138 Å². The number of ether oxygens (including phenoxy) is 5. The standard InChI is InChI=1S/C51H44O34/c1-13(2)7-10-81-45(74)29-26(44(72)73)30(50(79)84-48(77)27-22(40(64)65)18(36(56)57)16(34(52)53)19(37(58)59)23(27)41(66)67)33(32(47(76)83-12-9-15(5)6)31(29)46(75)82-11-8-14(3)4)51(80)85-49(78)28-24(42(68)69)20(38(60)61)17(35(54)55)21(39(62)63)25(28)43(70)71/h13-15H,7-12H2,1-6H3,(H,52,53)(H,54,55)(H,56,57)(H,58,59)(H,60,61)(H,62,63)(H,64,65)(H,66,67)(H,68,69)(H,70,71)(H,72,73). The topological polar surface area (TPSA) is 576 Å². The lowest BCUT2D eigenvalue weighted by atomic mass is 9.85. The van der Waals surface area contributed by atoms with Gasteiger partial charge in [0.1, 0.15) is 0 Å². The van der Waals surface area contributed by atoms with Gasteiger partial charge in [0, 0.05) is 0 Å². The third-order valence-corrected chi connectivity index (χ3v) is 11.4. The SMILES string of the molecule is CC(C)CCOC(=O)c1c(C(=O)O)c(C(=O)OC(=O)c2c(C(=O)O)c(C(=O)O)c(C(=O)O)c(C(=O)O)c2C(=O)O)c(C(=O)OC(=O)c2c(C(=O)O)c(C(=O)O)c(C(=O)O)c(C(=O)O)c2C(=O)O)c(C(=O)OCCC(C)C)c1C(=O)OCCC(C)C. The van der Waals surface area contributed by atoms with E-state index in [1.54, 1.807) is 13.8 Å². The second-order valence-electron chi connectivity index (χ2n) is 18.4. The molecule has 34 heteroatoms. The largest absolute Gasteiger partial charge is 0.478 e. The highest BCUT2D eigenvalue weighted by Gasteiger charge is 2.48. The zero-order valence-electron chi connectivity index (χ0n) is 44.3. The highest BCUT2D eigenvalue weighted by molar-refractivity contribution is 6.29. The zero-order valence-corrected chi connectivity index (χ0v) is 44.3. The number of carboxylic acid groups (broad SMARTS) is 11. The monoisotopic (exact) mass is 1200 g/mol. The first-order valence-corrected chi connectivity index (χ1v) is 23.6. The maximum Gasteiger partial charge on any atom is 0.347 e. The van der Waals surface area contributed by atoms with Crippen LogP contribution in [0.3, 0.4) is 0 Å². The maximum absolute atomic E-state index is 15.0. The first-order valence-electron chi connectivity index (χ1n) is 23.6. The van der Waals surface area contributed by atoms with Gasteiger partial charge < -0.3 is 79.9 Å². The van der Waals surface area contributed by atoms with E-state index in [1.165, 1.54) is 27.7 Å². The Morgan fingerprint density at radius 1 is 0.224 bits per heavy atom. The summed E-state index contributed by atoms with van der Waals surface area (Å²) < 4.78 is 24.8. The molecule has 85 heavy (non-hydrogen) atoms. The molecule has 0 aliphatic rings. The summed E-state index contributed by atoms with van der Waals surface area (Å²) >= 11 is 0. The second-order valence-corrected chi connectivity index (χ2v) is 18.4. The Balaban J connectivity index is 2.98. The van der Waals surface area contributed by atoms with Crippen LogP contribution in [0.2, 0.25) is 0 Å². The van der Waals surface area contributed by atoms with Crippen LogP contribution >= 0.6 is 0 Å². The van der Waals surface area contributed by atoms with E-state index in [-0.39, 0.29) is 19.3 Å². The molecule has 3 rings (SSSR count). The molecule has 0 unspecified atom stereocenters. The molecule has 452 valence electrons. The second kappa shape index (κ2) is 27.3. The molecule has 0 bridgehead atoms. The third-order valence-electron chi connectivity index (χ3n) is 11.4. The van der Waals surface area contributed by atoms with Gasteiger partial charge in [-0.25, -0.2) is 86.3 Å². The summed E-state index contributed by atoms with van der Waals surface area (Å²) in [5.41, 5.74) is -40.2. The highest BCUT2D eigenvalue weighted by Crippen LogP contribution is 2.37. The van der Waals surface area contributed by atoms with Crippen molar-refractivity contribution in [2.75, 3.05) is 19.8 Å². The molecule has 0 aliphatic heterocycles. The molecule has 3 aromatic rings. The Morgan fingerprint density at radius 3 is 0.506 bits per heavy atom. The van der Waals surface area contributed by atoms with Crippen LogP contribution in [0.25, 0.3) is 0 Å². The van der Waals surface area contributed by atoms with Gasteiger partial charge in [-0.15, -0.1) is 0 Å². The van der Waals surface area contributed by atoms with Gasteiger partial charge in [0.05, 0.1) is 120 Å². The van der Waals surface area contributed by atoms with Gasteiger partial charge in [-0.05, 0) is 37.0 Å². The fraction of sp³-hybridized carbons (Fsp3) is 0.294. The molecule has 0 spiro atoms. The lowest BCUT2D eigenvalue weighted by molar-refractivity contribution is 0.0338. The van der Waals surface area contributed by atoms with E-state index in [0.29, 0.717) is 0 Å². The van der Waals surface area contributed by atoms with Crippen LogP contribution in [0.4, 0.5) is 0 Å². The van der Waals surface area contributed by atoms with E-state index < -0.39 is 245 Å². The minimum Gasteiger partial charge on any atom is -0.478 e. The van der Waals surface area contributed by atoms with Crippen LogP contribution in [0.1, 0.15) is 247 Å². The molecule has 0 atom stereocenters. The Hall–Kier alpha value is -11.5. The number of hydrogen-bond acceptors (Lipinski definition) is 23. The van der Waals surface area contributed by atoms with Crippen molar-refractivity contribution in [1.82, 2.24) is 0 Å². The Kier molecular flexibility index (Phi) is 21.8. The molecular formula is C51H44O34. The zero-order chi connectivity index (χ0) is 65.3. The van der Waals surface area contributed by atoms with Crippen molar-refractivity contribution in [3.63, 3.8) is 0 Å². The Labute approximate surface area is 471 Å². The first-order chi connectivity index (χ1) is 39.3. The summed E-state index contributed by atoms with van der Waals surface area (Å²) in [5, 5.41) is 112. The van der Waals surface area contributed by atoms with Crippen molar-refractivity contribution < 1.29 is 166 Å². The van der Waals surface area contributed by atoms with Crippen LogP contribution < -0.4 is 0 Å². The molecule has 0 fully saturated rings. The van der Waals surface area contributed by atoms with Crippen LogP contribution in [0.5, 0.6) is 0 Å². The fourth-order valence-corrected chi connectivity index (χ4v) is 7.78. The molecule has 0 radical (unpaired) electrons. The highest BCUT2D eigenvalue weighted by atomic mass is 16.6. The van der Waals surface area contributed by atoms with Gasteiger partial charge in [-0.2, -0.15) is 0 Å². The van der Waals surface area contributed by atoms with E-state index in [1.807, 2.05) is 0 Å². The van der Waals surface area contributed by atoms with Crippen molar-refractivity contribution in [2.24, 2.45) is 17.8 Å². The van der Waals surface area contributed by atoms with Gasteiger partial charge in [0.25, 0.3) is 0 Å². The molecule has 11 N–H and O–H groups in total. The number of carbonyl (C=O) groups excluding carboxylic acids is 7. The Bertz CT molecular complexity index is 3420. The van der Waals surface area contributed by atoms with Crippen LogP contribution in [-0.4, -0.2) is 183 Å². The minimum absolute atomic E-state index is 0.137. The van der Waals surface area contributed by atoms with Crippen molar-refractivity contribution in [3.8, 4) is 0 Å². The summed E-state index contributed by atoms with van der Waals surface area (Å²) in [4.78, 5) is 242. The summed E-state index contributed by atoms with van der Waals surface area (Å²) in [7, 11) is 0. The number of rotatable bonds is 27. The predicted octanol–water partition coefficient (Wildman–Crippen LogP) is 3.97. The van der Waals surface area contributed by atoms with Gasteiger partial charge in [0.15, 0.2) is 0 Å². The first kappa shape index (κ1) is 67.8. The van der Waals surface area contributed by atoms with Crippen LogP contribution in [0, 0.1) is 17.8 Å². The summed E-state index contributed by atoms with van der Waals surface area (Å²) in [5.74, 6) is -50.1. The lowest BCUT2D eigenvalue weighted by Crippen LogP contribution is -2.33. The van der Waals surface area contributed by atoms with Crippen molar-refractivity contribution >= 4 is 107 Å². The number of carboxylic acids is 11. The number of carbonyl (C=O) groups is 18. The minimum atomic E-state index is -3.01. The van der Waals surface area contributed by atoms with Crippen LogP contribution in [-0.2, 0) is 23.7 Å². The lowest BCUT2D eigenvalue weighted by Gasteiger charge is -2.22. The van der Waals surface area contributed by atoms with E-state index in [0.717, 1.165) is 0 Å². The van der Waals surface area contributed by atoms with Gasteiger partial charge in [0.2, 0.25) is 0 Å². The number of hydrogen-bond donors (Lipinski definition) is 11. The maximum atomic E-state index is 15.0. The molecule has 0 saturated heterocycles. The quantitative estimate of drug-likeness (QED) is 0.0292. The van der Waals surface area contributed by atoms with E-state index in [2.05, 4.69) is 9.47 Å². The van der Waals surface area contributed by atoms with E-state index >= 15 is 4.79 Å². The van der Waals surface area contributed by atoms with Crippen LogP contribution in [0.15, 0.2) is 0 Å². The number of aromatic carboxylic acids is 11. The third kappa shape index (κ3) is 14.4. The smallest absolute Gasteiger partial charge is 0.347 e. The molecule has 0 aliphatic carbocycles. The molecule has 0 heterocycles. The molecule has 0 saturated carbocycles. The van der Waals surface area contributed by atoms with Gasteiger partial charge >= 0.3 is 107 Å². The van der Waals surface area contributed by atoms with Gasteiger partial charge in [-0.3, -0.25) is 0 Å². The summed E-state index contributed by atoms with van der Waals surface area (Å²) in [6.07, 6.45) is -0.495. The van der Waals surface area contributed by atoms with Crippen molar-refractivity contribution in [2.45, 2.75) is 60.8 Å². The van der Waals surface area contributed by atoms with Crippen molar-refractivity contribution in [3.05, 3.63) is 100 Å². The molecule has 34 nitrogen and oxygen atoms in total. The molecule has 0 aromatic heterocycles. The molecule has 0 amide bonds.